The van der Waals surface area contributed by atoms with Gasteiger partial charge in [0.2, 0.25) is 0 Å². The molecule has 2 aromatic rings. The van der Waals surface area contributed by atoms with Gasteiger partial charge in [0.1, 0.15) is 30.6 Å². The number of nitrogens with two attached hydrogens (primary N) is 1. The maximum atomic E-state index is 13.6. The summed E-state index contributed by atoms with van der Waals surface area (Å²) < 4.78 is 30.9. The van der Waals surface area contributed by atoms with E-state index in [9.17, 15) is 9.18 Å². The molecular formula is C21H19FN2O4. The van der Waals surface area contributed by atoms with Crippen LogP contribution in [-0.2, 0) is 9.47 Å². The largest absolute Gasteiger partial charge is 0.489 e. The van der Waals surface area contributed by atoms with E-state index in [0.717, 1.165) is 18.4 Å². The van der Waals surface area contributed by atoms with Crippen molar-refractivity contribution in [3.05, 3.63) is 82.1 Å². The molecule has 1 aliphatic carbocycles. The average molecular weight is 382 g/mol. The van der Waals surface area contributed by atoms with Crippen LogP contribution in [0.4, 0.5) is 4.39 Å². The number of hydrogen-bond donors (Lipinski definition) is 2. The Labute approximate surface area is 160 Å². The number of H-pyrrole nitrogens is 1. The lowest BCUT2D eigenvalue weighted by Gasteiger charge is -2.21. The minimum Gasteiger partial charge on any atom is -0.489 e. The number of aromatic amines is 1. The first-order valence-corrected chi connectivity index (χ1v) is 8.96. The molecular weight excluding hydrogens is 363 g/mol. The summed E-state index contributed by atoms with van der Waals surface area (Å²) in [7, 11) is 0. The van der Waals surface area contributed by atoms with Crippen molar-refractivity contribution in [2.45, 2.75) is 12.8 Å². The van der Waals surface area contributed by atoms with Crippen LogP contribution in [0.5, 0.6) is 5.75 Å². The molecule has 0 radical (unpaired) electrons. The first-order chi connectivity index (χ1) is 13.7. The van der Waals surface area contributed by atoms with Gasteiger partial charge in [-0.05, 0) is 36.6 Å². The molecule has 0 fully saturated rings. The quantitative estimate of drug-likeness (QED) is 0.827. The lowest BCUT2D eigenvalue weighted by Crippen LogP contribution is -2.17. The van der Waals surface area contributed by atoms with Gasteiger partial charge in [0, 0.05) is 11.9 Å². The second-order valence-corrected chi connectivity index (χ2v) is 6.35. The van der Waals surface area contributed by atoms with Crippen molar-refractivity contribution >= 4 is 16.5 Å². The van der Waals surface area contributed by atoms with Crippen molar-refractivity contribution in [2.75, 3.05) is 13.2 Å². The fraction of sp³-hybridized carbons (Fsp3) is 0.190. The highest BCUT2D eigenvalue weighted by atomic mass is 19.1. The summed E-state index contributed by atoms with van der Waals surface area (Å²) in [5.74, 6) is 0.707. The number of nitrogens with one attached hydrogen (secondary N) is 1. The monoisotopic (exact) mass is 382 g/mol. The molecule has 1 aliphatic heterocycles. The molecule has 1 aromatic carbocycles. The topological polar surface area (TPSA) is 86.6 Å². The zero-order valence-electron chi connectivity index (χ0n) is 15.0. The predicted molar refractivity (Wildman–Crippen MR) is 104 cm³/mol. The van der Waals surface area contributed by atoms with Crippen molar-refractivity contribution in [1.82, 2.24) is 4.98 Å². The Hall–Kier alpha value is -3.32. The Bertz CT molecular complexity index is 1100. The molecule has 0 amide bonds. The van der Waals surface area contributed by atoms with Crippen LogP contribution in [0.2, 0.25) is 0 Å². The number of fused-ring (bicyclic) bond motifs is 1. The molecule has 0 spiro atoms. The van der Waals surface area contributed by atoms with Crippen LogP contribution < -0.4 is 16.0 Å². The van der Waals surface area contributed by atoms with Crippen LogP contribution >= 0.6 is 0 Å². The summed E-state index contributed by atoms with van der Waals surface area (Å²) in [5, 5.41) is 0.651. The lowest BCUT2D eigenvalue weighted by atomic mass is 10.0. The highest BCUT2D eigenvalue weighted by Crippen LogP contribution is 2.36. The molecule has 0 bridgehead atoms. The van der Waals surface area contributed by atoms with Crippen LogP contribution in [0.25, 0.3) is 16.5 Å². The molecule has 0 atom stereocenters. The molecule has 2 aliphatic rings. The number of hydrogen-bond acceptors (Lipinski definition) is 5. The van der Waals surface area contributed by atoms with Gasteiger partial charge in [-0.2, -0.15) is 0 Å². The van der Waals surface area contributed by atoms with Crippen LogP contribution in [0, 0.1) is 5.82 Å². The van der Waals surface area contributed by atoms with Gasteiger partial charge >= 0.3 is 0 Å². The lowest BCUT2D eigenvalue weighted by molar-refractivity contribution is 0.279. The van der Waals surface area contributed by atoms with Gasteiger partial charge in [0.25, 0.3) is 5.56 Å². The maximum Gasteiger partial charge on any atom is 0.256 e. The van der Waals surface area contributed by atoms with Crippen molar-refractivity contribution in [1.29, 1.82) is 0 Å². The summed E-state index contributed by atoms with van der Waals surface area (Å²) >= 11 is 0. The number of rotatable bonds is 5. The van der Waals surface area contributed by atoms with E-state index in [0.29, 0.717) is 28.3 Å². The van der Waals surface area contributed by atoms with Crippen LogP contribution in [0.15, 0.2) is 65.1 Å². The van der Waals surface area contributed by atoms with Crippen LogP contribution in [0.3, 0.4) is 0 Å². The summed E-state index contributed by atoms with van der Waals surface area (Å²) in [6.07, 6.45) is 10.6. The van der Waals surface area contributed by atoms with Gasteiger partial charge < -0.3 is 24.9 Å². The van der Waals surface area contributed by atoms with Crippen LogP contribution in [-0.4, -0.2) is 18.1 Å². The first-order valence-electron chi connectivity index (χ1n) is 8.96. The fourth-order valence-corrected chi connectivity index (χ4v) is 3.14. The van der Waals surface area contributed by atoms with Gasteiger partial charge in [-0.15, -0.1) is 0 Å². The fourth-order valence-electron chi connectivity index (χ4n) is 3.14. The number of allylic oxidation sites excluding steroid dienone is 4. The van der Waals surface area contributed by atoms with Gasteiger partial charge in [-0.25, -0.2) is 4.39 Å². The zero-order chi connectivity index (χ0) is 19.5. The SMILES string of the molecule is NCCOc1c(C2=COC=C(C3=CC=CCC3)O2)[nH]c(=O)c2cc(F)ccc12. The zero-order valence-corrected chi connectivity index (χ0v) is 15.0. The Morgan fingerprint density at radius 2 is 2.07 bits per heavy atom. The Morgan fingerprint density at radius 3 is 2.86 bits per heavy atom. The smallest absolute Gasteiger partial charge is 0.256 e. The Balaban J connectivity index is 1.78. The summed E-state index contributed by atoms with van der Waals surface area (Å²) in [4.78, 5) is 15.3. The minimum atomic E-state index is -0.505. The average Bonchev–Trinajstić information content (AvgIpc) is 2.74. The van der Waals surface area contributed by atoms with Gasteiger partial charge in [0.05, 0.1) is 5.39 Å². The second kappa shape index (κ2) is 7.74. The van der Waals surface area contributed by atoms with Crippen molar-refractivity contribution < 1.29 is 18.6 Å². The minimum absolute atomic E-state index is 0.184. The molecule has 2 heterocycles. The molecule has 6 nitrogen and oxygen atoms in total. The van der Waals surface area contributed by atoms with Gasteiger partial charge in [0.15, 0.2) is 17.3 Å². The molecule has 3 N–H and O–H groups in total. The predicted octanol–water partition coefficient (Wildman–Crippen LogP) is 3.47. The van der Waals surface area contributed by atoms with E-state index in [2.05, 4.69) is 11.1 Å². The molecule has 0 saturated heterocycles. The van der Waals surface area contributed by atoms with E-state index in [1.807, 2.05) is 12.2 Å². The van der Waals surface area contributed by atoms with Crippen molar-refractivity contribution in [3.8, 4) is 5.75 Å². The molecule has 28 heavy (non-hydrogen) atoms. The van der Waals surface area contributed by atoms with Crippen molar-refractivity contribution in [2.24, 2.45) is 5.73 Å². The summed E-state index contributed by atoms with van der Waals surface area (Å²) in [5.41, 5.74) is 6.42. The van der Waals surface area contributed by atoms with Gasteiger partial charge in [-0.3, -0.25) is 4.79 Å². The number of halogens is 1. The molecule has 0 saturated carbocycles. The van der Waals surface area contributed by atoms with E-state index >= 15 is 0 Å². The Kier molecular flexibility index (Phi) is 4.99. The third-order valence-electron chi connectivity index (χ3n) is 4.45. The third kappa shape index (κ3) is 3.44. The van der Waals surface area contributed by atoms with E-state index in [-0.39, 0.29) is 18.5 Å². The highest BCUT2D eigenvalue weighted by molar-refractivity contribution is 5.91. The number of aromatic nitrogens is 1. The molecule has 0 unspecified atom stereocenters. The number of pyridine rings is 1. The number of benzene rings is 1. The molecule has 7 heteroatoms. The normalized spacial score (nSPS) is 16.0. The number of ether oxygens (including phenoxy) is 3. The van der Waals surface area contributed by atoms with Gasteiger partial charge in [-0.1, -0.05) is 18.2 Å². The van der Waals surface area contributed by atoms with E-state index in [1.54, 1.807) is 0 Å². The molecule has 1 aromatic heterocycles. The van der Waals surface area contributed by atoms with E-state index < -0.39 is 11.4 Å². The molecule has 4 rings (SSSR count). The van der Waals surface area contributed by atoms with Crippen molar-refractivity contribution in [3.63, 3.8) is 0 Å². The summed E-state index contributed by atoms with van der Waals surface area (Å²) in [6, 6.07) is 3.95. The molecule has 144 valence electrons. The van der Waals surface area contributed by atoms with Crippen LogP contribution in [0.1, 0.15) is 18.5 Å². The third-order valence-corrected chi connectivity index (χ3v) is 4.45. The first kappa shape index (κ1) is 18.1. The highest BCUT2D eigenvalue weighted by Gasteiger charge is 2.23. The van der Waals surface area contributed by atoms with E-state index in [1.165, 1.54) is 30.7 Å². The summed E-state index contributed by atoms with van der Waals surface area (Å²) in [6.45, 7) is 0.500. The Morgan fingerprint density at radius 1 is 1.21 bits per heavy atom. The standard InChI is InChI=1S/C21H19FN2O4/c22-14-6-7-15-16(10-14)21(25)24-19(20(15)27-9-8-23)18-12-26-11-17(28-18)13-4-2-1-3-5-13/h1-2,4,6-7,10-12H,3,5,8-9,23H2,(H,24,25). The van der Waals surface area contributed by atoms with E-state index in [4.69, 9.17) is 19.9 Å². The maximum absolute atomic E-state index is 13.6. The second-order valence-electron chi connectivity index (χ2n) is 6.35.